The van der Waals surface area contributed by atoms with Gasteiger partial charge in [-0.1, -0.05) is 11.6 Å². The molecule has 2 aromatic heterocycles. The van der Waals surface area contributed by atoms with Crippen LogP contribution in [0.25, 0.3) is 10.2 Å². The lowest BCUT2D eigenvalue weighted by atomic mass is 10.2. The molecule has 0 unspecified atom stereocenters. The van der Waals surface area contributed by atoms with Crippen molar-refractivity contribution in [3.8, 4) is 6.07 Å². The highest BCUT2D eigenvalue weighted by molar-refractivity contribution is 7.22. The van der Waals surface area contributed by atoms with Gasteiger partial charge in [0.2, 0.25) is 0 Å². The number of thiophene rings is 1. The van der Waals surface area contributed by atoms with E-state index in [4.69, 9.17) is 16.9 Å². The van der Waals surface area contributed by atoms with Crippen molar-refractivity contribution in [2.75, 3.05) is 0 Å². The van der Waals surface area contributed by atoms with E-state index in [0.29, 0.717) is 9.90 Å². The van der Waals surface area contributed by atoms with E-state index < -0.39 is 0 Å². The number of nitrogens with zero attached hydrogens (tertiary/aromatic N) is 2. The number of hydrogen-bond donors (Lipinski definition) is 0. The summed E-state index contributed by atoms with van der Waals surface area (Å²) in [6, 6.07) is 5.84. The Balaban J connectivity index is 2.88. The predicted octanol–water partition coefficient (Wildman–Crippen LogP) is 3.13. The fourth-order valence-electron chi connectivity index (χ4n) is 1.15. The van der Waals surface area contributed by atoms with E-state index in [1.54, 1.807) is 0 Å². The van der Waals surface area contributed by atoms with Crippen molar-refractivity contribution in [1.82, 2.24) is 4.98 Å². The maximum Gasteiger partial charge on any atom is 0.126 e. The molecular formula is C9H5ClN2S. The second kappa shape index (κ2) is 2.99. The molecule has 2 heterocycles. The summed E-state index contributed by atoms with van der Waals surface area (Å²) in [4.78, 5) is 5.12. The molecule has 0 spiro atoms. The molecule has 0 aliphatic carbocycles. The largest absolute Gasteiger partial charge is 0.242 e. The van der Waals surface area contributed by atoms with E-state index >= 15 is 0 Å². The first-order valence-corrected chi connectivity index (χ1v) is 4.87. The summed E-state index contributed by atoms with van der Waals surface area (Å²) in [5, 5.41) is 9.67. The minimum Gasteiger partial charge on any atom is -0.242 e. The zero-order valence-electron chi connectivity index (χ0n) is 6.84. The van der Waals surface area contributed by atoms with Gasteiger partial charge in [-0.25, -0.2) is 4.98 Å². The highest BCUT2D eigenvalue weighted by atomic mass is 35.5. The average Bonchev–Trinajstić information content (AvgIpc) is 2.39. The predicted molar refractivity (Wildman–Crippen MR) is 54.1 cm³/mol. The Kier molecular flexibility index (Phi) is 1.95. The maximum atomic E-state index is 8.82. The summed E-state index contributed by atoms with van der Waals surface area (Å²) in [5.74, 6) is 0. The number of hydrogen-bond acceptors (Lipinski definition) is 3. The van der Waals surface area contributed by atoms with E-state index in [2.05, 4.69) is 11.1 Å². The Morgan fingerprint density at radius 1 is 1.54 bits per heavy atom. The third kappa shape index (κ3) is 1.28. The first-order chi connectivity index (χ1) is 6.22. The summed E-state index contributed by atoms with van der Waals surface area (Å²) in [7, 11) is 0. The summed E-state index contributed by atoms with van der Waals surface area (Å²) in [6.45, 7) is 1.92. The van der Waals surface area contributed by atoms with Crippen LogP contribution in [0.5, 0.6) is 0 Å². The zero-order valence-corrected chi connectivity index (χ0v) is 8.41. The summed E-state index contributed by atoms with van der Waals surface area (Å²) in [6.07, 6.45) is 0. The van der Waals surface area contributed by atoms with Crippen LogP contribution in [0.15, 0.2) is 12.1 Å². The molecule has 0 aliphatic heterocycles. The summed E-state index contributed by atoms with van der Waals surface area (Å²) >= 11 is 7.23. The van der Waals surface area contributed by atoms with E-state index in [1.165, 1.54) is 11.3 Å². The lowest BCUT2D eigenvalue weighted by molar-refractivity contribution is 1.27. The molecule has 0 saturated carbocycles. The minimum atomic E-state index is 0.524. The fraction of sp³-hybridized carbons (Fsp3) is 0.111. The van der Waals surface area contributed by atoms with Crippen molar-refractivity contribution in [3.05, 3.63) is 27.7 Å². The SMILES string of the molecule is Cc1ccc2c(C#N)c(Cl)sc2n1. The molecule has 0 fully saturated rings. The van der Waals surface area contributed by atoms with Crippen molar-refractivity contribution in [2.45, 2.75) is 6.92 Å². The molecule has 2 rings (SSSR count). The number of pyridine rings is 1. The molecule has 0 atom stereocenters. The first-order valence-electron chi connectivity index (χ1n) is 3.68. The average molecular weight is 209 g/mol. The maximum absolute atomic E-state index is 8.82. The van der Waals surface area contributed by atoms with Gasteiger partial charge in [0, 0.05) is 11.1 Å². The minimum absolute atomic E-state index is 0.524. The molecule has 0 aromatic carbocycles. The molecule has 0 saturated heterocycles. The van der Waals surface area contributed by atoms with E-state index in [-0.39, 0.29) is 0 Å². The molecule has 0 amide bonds. The molecule has 0 aliphatic rings. The first kappa shape index (κ1) is 8.49. The van der Waals surface area contributed by atoms with Crippen LogP contribution in [0.1, 0.15) is 11.3 Å². The van der Waals surface area contributed by atoms with Gasteiger partial charge in [-0.2, -0.15) is 5.26 Å². The summed E-state index contributed by atoms with van der Waals surface area (Å²) in [5.41, 5.74) is 1.48. The Bertz CT molecular complexity index is 510. The van der Waals surface area contributed by atoms with Crippen LogP contribution in [-0.2, 0) is 0 Å². The van der Waals surface area contributed by atoms with Crippen LogP contribution in [-0.4, -0.2) is 4.98 Å². The van der Waals surface area contributed by atoms with Crippen LogP contribution in [0, 0.1) is 18.3 Å². The quantitative estimate of drug-likeness (QED) is 0.667. The van der Waals surface area contributed by atoms with Crippen molar-refractivity contribution in [3.63, 3.8) is 0 Å². The van der Waals surface area contributed by atoms with Gasteiger partial charge in [0.25, 0.3) is 0 Å². The Morgan fingerprint density at radius 3 is 3.00 bits per heavy atom. The van der Waals surface area contributed by atoms with Crippen LogP contribution >= 0.6 is 22.9 Å². The molecule has 2 nitrogen and oxygen atoms in total. The summed E-state index contributed by atoms with van der Waals surface area (Å²) < 4.78 is 0.524. The molecule has 4 heteroatoms. The fourth-order valence-corrected chi connectivity index (χ4v) is 2.41. The highest BCUT2D eigenvalue weighted by Gasteiger charge is 2.10. The number of aryl methyl sites for hydroxylation is 1. The molecule has 0 bridgehead atoms. The second-order valence-electron chi connectivity index (χ2n) is 2.67. The van der Waals surface area contributed by atoms with Gasteiger partial charge in [0.15, 0.2) is 0 Å². The van der Waals surface area contributed by atoms with Gasteiger partial charge in [0.05, 0.1) is 5.56 Å². The topological polar surface area (TPSA) is 36.7 Å². The van der Waals surface area contributed by atoms with Crippen molar-refractivity contribution < 1.29 is 0 Å². The lowest BCUT2D eigenvalue weighted by Gasteiger charge is -1.90. The highest BCUT2D eigenvalue weighted by Crippen LogP contribution is 2.33. The van der Waals surface area contributed by atoms with Crippen LogP contribution in [0.2, 0.25) is 4.34 Å². The van der Waals surface area contributed by atoms with Crippen molar-refractivity contribution in [2.24, 2.45) is 0 Å². The molecule has 0 radical (unpaired) electrons. The Morgan fingerprint density at radius 2 is 2.31 bits per heavy atom. The zero-order chi connectivity index (χ0) is 9.42. The normalized spacial score (nSPS) is 10.2. The molecular weight excluding hydrogens is 204 g/mol. The number of aromatic nitrogens is 1. The van der Waals surface area contributed by atoms with Crippen LogP contribution in [0.4, 0.5) is 0 Å². The van der Waals surface area contributed by atoms with Gasteiger partial charge in [-0.15, -0.1) is 11.3 Å². The van der Waals surface area contributed by atoms with Gasteiger partial charge < -0.3 is 0 Å². The third-order valence-corrected chi connectivity index (χ3v) is 3.07. The van der Waals surface area contributed by atoms with Crippen LogP contribution in [0.3, 0.4) is 0 Å². The van der Waals surface area contributed by atoms with Crippen molar-refractivity contribution >= 4 is 33.2 Å². The monoisotopic (exact) mass is 208 g/mol. The molecule has 64 valence electrons. The van der Waals surface area contributed by atoms with E-state index in [9.17, 15) is 0 Å². The number of rotatable bonds is 0. The van der Waals surface area contributed by atoms with E-state index in [0.717, 1.165) is 15.9 Å². The lowest BCUT2D eigenvalue weighted by Crippen LogP contribution is -1.78. The third-order valence-electron chi connectivity index (χ3n) is 1.76. The number of fused-ring (bicyclic) bond motifs is 1. The standard InChI is InChI=1S/C9H5ClN2S/c1-5-2-3-6-7(4-11)8(10)13-9(6)12-5/h2-3H,1H3. The Hall–Kier alpha value is -1.11. The molecule has 0 N–H and O–H groups in total. The Labute approximate surface area is 84.4 Å². The second-order valence-corrected chi connectivity index (χ2v) is 4.27. The number of halogens is 1. The van der Waals surface area contributed by atoms with E-state index in [1.807, 2.05) is 19.1 Å². The smallest absolute Gasteiger partial charge is 0.126 e. The van der Waals surface area contributed by atoms with Gasteiger partial charge >= 0.3 is 0 Å². The van der Waals surface area contributed by atoms with Crippen molar-refractivity contribution in [1.29, 1.82) is 5.26 Å². The van der Waals surface area contributed by atoms with Gasteiger partial charge in [-0.05, 0) is 19.1 Å². The van der Waals surface area contributed by atoms with Gasteiger partial charge in [0.1, 0.15) is 15.2 Å². The molecule has 13 heavy (non-hydrogen) atoms. The van der Waals surface area contributed by atoms with Gasteiger partial charge in [-0.3, -0.25) is 0 Å². The van der Waals surface area contributed by atoms with Crippen LogP contribution < -0.4 is 0 Å². The number of nitriles is 1. The molecule has 2 aromatic rings.